The van der Waals surface area contributed by atoms with E-state index in [4.69, 9.17) is 9.15 Å². The van der Waals surface area contributed by atoms with E-state index in [9.17, 15) is 14.9 Å². The lowest BCUT2D eigenvalue weighted by molar-refractivity contribution is -0.132. The molecule has 0 saturated carbocycles. The van der Waals surface area contributed by atoms with E-state index in [-0.39, 0.29) is 5.91 Å². The van der Waals surface area contributed by atoms with Crippen molar-refractivity contribution in [3.05, 3.63) is 58.6 Å². The number of fused-ring (bicyclic) bond motifs is 1. The van der Waals surface area contributed by atoms with E-state index >= 15 is 0 Å². The lowest BCUT2D eigenvalue weighted by atomic mass is 10.0. The van der Waals surface area contributed by atoms with Crippen LogP contribution in [0.15, 0.2) is 51.7 Å². The third-order valence-electron chi connectivity index (χ3n) is 5.43. The molecule has 8 nitrogen and oxygen atoms in total. The normalized spacial score (nSPS) is 17.6. The first-order chi connectivity index (χ1) is 15.0. The lowest BCUT2D eigenvalue weighted by Crippen LogP contribution is -2.46. The molecular weight excluding hydrogens is 396 g/mol. The standard InChI is InChI=1S/C23H24N4O4/c1-27-19-12-17(7-8-20(19)31-23(27)29)16-5-3-15(4-6-16)11-18(13-24)26-22(28)21-14-25-9-2-10-30-21/h3-8,12,18,21,25H,2,9-11,14H2,1H3,(H,26,28)/t18-,21+/m1/s1. The molecule has 1 aliphatic rings. The number of aryl methyl sites for hydroxylation is 1. The molecule has 8 heteroatoms. The van der Waals surface area contributed by atoms with Crippen molar-refractivity contribution in [2.45, 2.75) is 25.0 Å². The second kappa shape index (κ2) is 9.16. The first-order valence-corrected chi connectivity index (χ1v) is 10.3. The van der Waals surface area contributed by atoms with E-state index in [1.807, 2.05) is 36.4 Å². The van der Waals surface area contributed by atoms with Crippen LogP contribution in [0.1, 0.15) is 12.0 Å². The van der Waals surface area contributed by atoms with Crippen LogP contribution in [0.3, 0.4) is 0 Å². The number of oxazole rings is 1. The smallest absolute Gasteiger partial charge is 0.408 e. The summed E-state index contributed by atoms with van der Waals surface area (Å²) in [6, 6.07) is 14.9. The van der Waals surface area contributed by atoms with Crippen LogP contribution in [0.4, 0.5) is 0 Å². The van der Waals surface area contributed by atoms with Gasteiger partial charge >= 0.3 is 5.76 Å². The number of benzene rings is 2. The molecule has 1 aromatic heterocycles. The summed E-state index contributed by atoms with van der Waals surface area (Å²) >= 11 is 0. The van der Waals surface area contributed by atoms with Crippen LogP contribution in [-0.2, 0) is 23.0 Å². The highest BCUT2D eigenvalue weighted by atomic mass is 16.5. The van der Waals surface area contributed by atoms with Crippen molar-refractivity contribution in [1.82, 2.24) is 15.2 Å². The predicted molar refractivity (Wildman–Crippen MR) is 115 cm³/mol. The lowest BCUT2D eigenvalue weighted by Gasteiger charge is -2.18. The fraction of sp³-hybridized carbons (Fsp3) is 0.348. The summed E-state index contributed by atoms with van der Waals surface area (Å²) in [6.45, 7) is 1.80. The van der Waals surface area contributed by atoms with Crippen LogP contribution in [-0.4, -0.2) is 42.3 Å². The number of aromatic nitrogens is 1. The van der Waals surface area contributed by atoms with Gasteiger partial charge in [-0.05, 0) is 41.8 Å². The van der Waals surface area contributed by atoms with Gasteiger partial charge in [0.2, 0.25) is 0 Å². The van der Waals surface area contributed by atoms with Gasteiger partial charge in [0.15, 0.2) is 5.58 Å². The molecule has 1 aliphatic heterocycles. The van der Waals surface area contributed by atoms with Gasteiger partial charge in [0.05, 0.1) is 11.6 Å². The van der Waals surface area contributed by atoms with Gasteiger partial charge in [0.1, 0.15) is 12.1 Å². The minimum absolute atomic E-state index is 0.267. The SMILES string of the molecule is Cn1c(=O)oc2ccc(-c3ccc(C[C@H](C#N)NC(=O)[C@@H]4CNCCCO4)cc3)cc21. The molecule has 160 valence electrons. The third-order valence-corrected chi connectivity index (χ3v) is 5.43. The predicted octanol–water partition coefficient (Wildman–Crippen LogP) is 1.73. The van der Waals surface area contributed by atoms with E-state index in [0.717, 1.165) is 35.2 Å². The second-order valence-corrected chi connectivity index (χ2v) is 7.62. The number of nitriles is 1. The van der Waals surface area contributed by atoms with Crippen LogP contribution in [0.25, 0.3) is 22.2 Å². The largest absolute Gasteiger partial charge is 0.419 e. The van der Waals surface area contributed by atoms with Gasteiger partial charge in [-0.2, -0.15) is 5.26 Å². The van der Waals surface area contributed by atoms with Crippen molar-refractivity contribution in [2.24, 2.45) is 7.05 Å². The monoisotopic (exact) mass is 420 g/mol. The zero-order chi connectivity index (χ0) is 21.8. The molecule has 2 N–H and O–H groups in total. The van der Waals surface area contributed by atoms with Gasteiger partial charge in [-0.15, -0.1) is 0 Å². The number of carbonyl (C=O) groups excluding carboxylic acids is 1. The van der Waals surface area contributed by atoms with Crippen LogP contribution < -0.4 is 16.4 Å². The quantitative estimate of drug-likeness (QED) is 0.651. The summed E-state index contributed by atoms with van der Waals surface area (Å²) in [6.07, 6.45) is 0.689. The highest BCUT2D eigenvalue weighted by Crippen LogP contribution is 2.24. The van der Waals surface area contributed by atoms with Crippen molar-refractivity contribution in [1.29, 1.82) is 5.26 Å². The Kier molecular flexibility index (Phi) is 6.16. The van der Waals surface area contributed by atoms with Gasteiger partial charge in [-0.25, -0.2) is 4.79 Å². The highest BCUT2D eigenvalue weighted by molar-refractivity contribution is 5.82. The molecule has 3 aromatic rings. The molecule has 2 atom stereocenters. The summed E-state index contributed by atoms with van der Waals surface area (Å²) in [7, 11) is 1.67. The minimum atomic E-state index is -0.637. The molecular formula is C23H24N4O4. The van der Waals surface area contributed by atoms with E-state index in [1.165, 1.54) is 4.57 Å². The van der Waals surface area contributed by atoms with E-state index in [1.54, 1.807) is 13.1 Å². The molecule has 1 saturated heterocycles. The number of carbonyl (C=O) groups is 1. The Morgan fingerprint density at radius 2 is 2.06 bits per heavy atom. The third kappa shape index (κ3) is 4.68. The summed E-state index contributed by atoms with van der Waals surface area (Å²) in [5, 5.41) is 15.4. The van der Waals surface area contributed by atoms with Crippen LogP contribution in [0, 0.1) is 11.3 Å². The average molecular weight is 420 g/mol. The van der Waals surface area contributed by atoms with Crippen LogP contribution in [0.5, 0.6) is 0 Å². The molecule has 2 aromatic carbocycles. The Labute approximate surface area is 179 Å². The topological polar surface area (TPSA) is 109 Å². The molecule has 0 unspecified atom stereocenters. The molecule has 2 heterocycles. The van der Waals surface area contributed by atoms with Gasteiger partial charge < -0.3 is 19.8 Å². The highest BCUT2D eigenvalue weighted by Gasteiger charge is 2.23. The second-order valence-electron chi connectivity index (χ2n) is 7.62. The van der Waals surface area contributed by atoms with Gasteiger partial charge in [-0.1, -0.05) is 30.3 Å². The first kappa shape index (κ1) is 20.8. The fourth-order valence-corrected chi connectivity index (χ4v) is 3.65. The van der Waals surface area contributed by atoms with Gasteiger partial charge in [-0.3, -0.25) is 9.36 Å². The molecule has 4 rings (SSSR count). The number of rotatable bonds is 5. The maximum Gasteiger partial charge on any atom is 0.419 e. The zero-order valence-corrected chi connectivity index (χ0v) is 17.3. The van der Waals surface area contributed by atoms with Crippen molar-refractivity contribution in [3.8, 4) is 17.2 Å². The maximum absolute atomic E-state index is 12.4. The number of nitrogens with one attached hydrogen (secondary N) is 2. The maximum atomic E-state index is 12.4. The van der Waals surface area contributed by atoms with Crippen molar-refractivity contribution < 1.29 is 13.9 Å². The van der Waals surface area contributed by atoms with E-state index in [2.05, 4.69) is 16.7 Å². The summed E-state index contributed by atoms with van der Waals surface area (Å²) in [4.78, 5) is 24.1. The first-order valence-electron chi connectivity index (χ1n) is 10.3. The number of nitrogens with zero attached hydrogens (tertiary/aromatic N) is 2. The molecule has 31 heavy (non-hydrogen) atoms. The number of amides is 1. The summed E-state index contributed by atoms with van der Waals surface area (Å²) in [5.74, 6) is -0.659. The van der Waals surface area contributed by atoms with Gasteiger partial charge in [0.25, 0.3) is 5.91 Å². The molecule has 1 amide bonds. The summed E-state index contributed by atoms with van der Waals surface area (Å²) < 4.78 is 12.2. The van der Waals surface area contributed by atoms with Gasteiger partial charge in [0, 0.05) is 26.6 Å². The molecule has 0 aliphatic carbocycles. The Bertz CT molecular complexity index is 1160. The average Bonchev–Trinajstić information content (AvgIpc) is 2.96. The van der Waals surface area contributed by atoms with Crippen LogP contribution >= 0.6 is 0 Å². The van der Waals surface area contributed by atoms with Crippen molar-refractivity contribution in [3.63, 3.8) is 0 Å². The Balaban J connectivity index is 1.43. The van der Waals surface area contributed by atoms with E-state index in [0.29, 0.717) is 25.2 Å². The van der Waals surface area contributed by atoms with Crippen molar-refractivity contribution >= 4 is 17.0 Å². The number of hydrogen-bond acceptors (Lipinski definition) is 6. The fourth-order valence-electron chi connectivity index (χ4n) is 3.65. The number of ether oxygens (including phenoxy) is 1. The Morgan fingerprint density at radius 3 is 2.84 bits per heavy atom. The molecule has 0 bridgehead atoms. The molecule has 0 spiro atoms. The van der Waals surface area contributed by atoms with Crippen molar-refractivity contribution in [2.75, 3.05) is 19.7 Å². The molecule has 1 fully saturated rings. The Hall–Kier alpha value is -3.41. The Morgan fingerprint density at radius 1 is 1.29 bits per heavy atom. The minimum Gasteiger partial charge on any atom is -0.408 e. The van der Waals surface area contributed by atoms with Crippen LogP contribution in [0.2, 0.25) is 0 Å². The van der Waals surface area contributed by atoms with E-state index < -0.39 is 17.9 Å². The zero-order valence-electron chi connectivity index (χ0n) is 17.3. The summed E-state index contributed by atoms with van der Waals surface area (Å²) in [5.41, 5.74) is 4.16. The number of hydrogen-bond donors (Lipinski definition) is 2. The molecule has 0 radical (unpaired) electrons.